The van der Waals surface area contributed by atoms with Crippen LogP contribution in [0.3, 0.4) is 0 Å². The second kappa shape index (κ2) is 6.95. The lowest BCUT2D eigenvalue weighted by Crippen LogP contribution is -2.33. The molecule has 116 valence electrons. The molecule has 0 saturated heterocycles. The maximum atomic E-state index is 6.31. The Hall–Kier alpha value is -2.15. The van der Waals surface area contributed by atoms with E-state index in [1.54, 1.807) is 0 Å². The molecule has 0 spiro atoms. The van der Waals surface area contributed by atoms with Gasteiger partial charge in [-0.25, -0.2) is 4.52 Å². The molecular formula is C20H21NOP+. The van der Waals surface area contributed by atoms with Crippen LogP contribution in [-0.4, -0.2) is 14.2 Å². The number of para-hydroxylation sites is 1. The molecule has 0 aromatic heterocycles. The van der Waals surface area contributed by atoms with E-state index in [2.05, 4.69) is 78.1 Å². The molecular weight excluding hydrogens is 301 g/mol. The summed E-state index contributed by atoms with van der Waals surface area (Å²) in [5, 5.41) is 6.97. The minimum Gasteiger partial charge on any atom is -0.385 e. The Balaban J connectivity index is 2.34. The van der Waals surface area contributed by atoms with Crippen molar-refractivity contribution < 1.29 is 4.52 Å². The molecule has 3 rings (SSSR count). The zero-order chi connectivity index (χ0) is 16.1. The molecule has 0 radical (unpaired) electrons. The van der Waals surface area contributed by atoms with E-state index in [0.29, 0.717) is 0 Å². The molecule has 3 heteroatoms. The summed E-state index contributed by atoms with van der Waals surface area (Å²) in [6.45, 7) is 0. The zero-order valence-electron chi connectivity index (χ0n) is 13.4. The molecule has 0 bridgehead atoms. The first-order valence-corrected chi connectivity index (χ1v) is 9.37. The van der Waals surface area contributed by atoms with Gasteiger partial charge < -0.3 is 5.32 Å². The second-order valence-electron chi connectivity index (χ2n) is 5.23. The van der Waals surface area contributed by atoms with Gasteiger partial charge in [0.25, 0.3) is 0 Å². The van der Waals surface area contributed by atoms with Crippen LogP contribution in [0.15, 0.2) is 84.9 Å². The second-order valence-corrected chi connectivity index (χ2v) is 8.33. The Morgan fingerprint density at radius 1 is 0.696 bits per heavy atom. The minimum atomic E-state index is -2.15. The van der Waals surface area contributed by atoms with Crippen molar-refractivity contribution in [2.75, 3.05) is 19.5 Å². The minimum absolute atomic E-state index is 1.11. The summed E-state index contributed by atoms with van der Waals surface area (Å²) in [6.07, 6.45) is 0. The van der Waals surface area contributed by atoms with Crippen LogP contribution in [0.1, 0.15) is 0 Å². The van der Waals surface area contributed by atoms with Gasteiger partial charge >= 0.3 is 0 Å². The quantitative estimate of drug-likeness (QED) is 0.725. The number of hydrogen-bond donors (Lipinski definition) is 1. The lowest BCUT2D eigenvalue weighted by molar-refractivity contribution is 0.466. The molecule has 0 amide bonds. The van der Waals surface area contributed by atoms with Crippen molar-refractivity contribution in [1.29, 1.82) is 0 Å². The lowest BCUT2D eigenvalue weighted by atomic mass is 10.3. The van der Waals surface area contributed by atoms with Crippen LogP contribution in [0.4, 0.5) is 5.69 Å². The van der Waals surface area contributed by atoms with E-state index in [9.17, 15) is 0 Å². The number of rotatable bonds is 5. The maximum Gasteiger partial charge on any atom is 0.243 e. The SMILES string of the molecule is CNc1ccccc1[P+](OC)(c1ccccc1)c1ccccc1. The molecule has 3 aromatic rings. The van der Waals surface area contributed by atoms with Crippen LogP contribution < -0.4 is 21.2 Å². The van der Waals surface area contributed by atoms with Crippen molar-refractivity contribution in [3.63, 3.8) is 0 Å². The van der Waals surface area contributed by atoms with Gasteiger partial charge in [0.05, 0.1) is 12.8 Å². The van der Waals surface area contributed by atoms with E-state index in [0.717, 1.165) is 5.69 Å². The van der Waals surface area contributed by atoms with Crippen molar-refractivity contribution in [1.82, 2.24) is 0 Å². The third-order valence-electron chi connectivity index (χ3n) is 4.03. The standard InChI is InChI=1S/C20H21NOP/c1-21-19-15-9-10-16-20(19)23(22-2,17-11-5-3-6-12-17)18-13-7-4-8-14-18/h3-16,21H,1-2H3/q+1. The summed E-state index contributed by atoms with van der Waals surface area (Å²) in [4.78, 5) is 0. The summed E-state index contributed by atoms with van der Waals surface area (Å²) < 4.78 is 6.31. The topological polar surface area (TPSA) is 21.3 Å². The molecule has 0 saturated carbocycles. The third kappa shape index (κ3) is 2.76. The van der Waals surface area contributed by atoms with Crippen LogP contribution in [0.25, 0.3) is 0 Å². The van der Waals surface area contributed by atoms with Gasteiger partial charge in [-0.05, 0) is 36.4 Å². The molecule has 3 aromatic carbocycles. The Bertz CT molecular complexity index is 719. The fourth-order valence-corrected chi connectivity index (χ4v) is 6.45. The molecule has 0 fully saturated rings. The fraction of sp³-hybridized carbons (Fsp3) is 0.100. The molecule has 0 atom stereocenters. The third-order valence-corrected chi connectivity index (χ3v) is 7.69. The van der Waals surface area contributed by atoms with Gasteiger partial charge in [-0.15, -0.1) is 0 Å². The van der Waals surface area contributed by atoms with Gasteiger partial charge in [-0.3, -0.25) is 0 Å². The highest BCUT2D eigenvalue weighted by molar-refractivity contribution is 7.92. The molecule has 2 nitrogen and oxygen atoms in total. The summed E-state index contributed by atoms with van der Waals surface area (Å²) in [5.74, 6) is 0. The van der Waals surface area contributed by atoms with Crippen LogP contribution >= 0.6 is 7.49 Å². The summed E-state index contributed by atoms with van der Waals surface area (Å²) in [7, 11) is 1.63. The van der Waals surface area contributed by atoms with Crippen LogP contribution in [-0.2, 0) is 4.52 Å². The Labute approximate surface area is 138 Å². The number of hydrogen-bond acceptors (Lipinski definition) is 2. The smallest absolute Gasteiger partial charge is 0.243 e. The number of anilines is 1. The Kier molecular flexibility index (Phi) is 4.76. The van der Waals surface area contributed by atoms with Gasteiger partial charge in [-0.2, -0.15) is 0 Å². The van der Waals surface area contributed by atoms with E-state index in [1.807, 2.05) is 26.3 Å². The van der Waals surface area contributed by atoms with Crippen molar-refractivity contribution >= 4 is 29.1 Å². The molecule has 0 aliphatic rings. The van der Waals surface area contributed by atoms with Crippen molar-refractivity contribution in [3.05, 3.63) is 84.9 Å². The number of benzene rings is 3. The first-order chi connectivity index (χ1) is 11.3. The molecule has 0 aliphatic heterocycles. The summed E-state index contributed by atoms with van der Waals surface area (Å²) in [5.41, 5.74) is 1.11. The average molecular weight is 322 g/mol. The normalized spacial score (nSPS) is 11.2. The van der Waals surface area contributed by atoms with E-state index < -0.39 is 7.49 Å². The monoisotopic (exact) mass is 322 g/mol. The molecule has 1 N–H and O–H groups in total. The van der Waals surface area contributed by atoms with Crippen LogP contribution in [0.2, 0.25) is 0 Å². The fourth-order valence-electron chi connectivity index (χ4n) is 2.97. The highest BCUT2D eigenvalue weighted by Crippen LogP contribution is 2.57. The summed E-state index contributed by atoms with van der Waals surface area (Å²) >= 11 is 0. The Morgan fingerprint density at radius 3 is 1.65 bits per heavy atom. The van der Waals surface area contributed by atoms with Crippen LogP contribution in [0, 0.1) is 0 Å². The lowest BCUT2D eigenvalue weighted by Gasteiger charge is -2.25. The van der Waals surface area contributed by atoms with Gasteiger partial charge in [-0.1, -0.05) is 48.5 Å². The first-order valence-electron chi connectivity index (χ1n) is 7.66. The van der Waals surface area contributed by atoms with Crippen LogP contribution in [0.5, 0.6) is 0 Å². The van der Waals surface area contributed by atoms with Gasteiger partial charge in [0.1, 0.15) is 10.6 Å². The van der Waals surface area contributed by atoms with E-state index >= 15 is 0 Å². The van der Waals surface area contributed by atoms with Gasteiger partial charge in [0.15, 0.2) is 5.30 Å². The van der Waals surface area contributed by atoms with E-state index in [1.165, 1.54) is 15.9 Å². The van der Waals surface area contributed by atoms with Crippen molar-refractivity contribution in [3.8, 4) is 0 Å². The zero-order valence-corrected chi connectivity index (χ0v) is 14.3. The Morgan fingerprint density at radius 2 is 1.17 bits per heavy atom. The molecule has 0 unspecified atom stereocenters. The first kappa shape index (κ1) is 15.7. The average Bonchev–Trinajstić information content (AvgIpc) is 2.65. The van der Waals surface area contributed by atoms with Crippen molar-refractivity contribution in [2.24, 2.45) is 0 Å². The molecule has 23 heavy (non-hydrogen) atoms. The molecule has 0 heterocycles. The maximum absolute atomic E-state index is 6.31. The van der Waals surface area contributed by atoms with Gasteiger partial charge in [0.2, 0.25) is 7.49 Å². The predicted octanol–water partition coefficient (Wildman–Crippen LogP) is 3.58. The predicted molar refractivity (Wildman–Crippen MR) is 102 cm³/mol. The van der Waals surface area contributed by atoms with E-state index in [-0.39, 0.29) is 0 Å². The largest absolute Gasteiger partial charge is 0.385 e. The van der Waals surface area contributed by atoms with Gasteiger partial charge in [0, 0.05) is 7.05 Å². The number of nitrogens with one attached hydrogen (secondary N) is 1. The molecule has 0 aliphatic carbocycles. The van der Waals surface area contributed by atoms with Crippen molar-refractivity contribution in [2.45, 2.75) is 0 Å². The summed E-state index contributed by atoms with van der Waals surface area (Å²) in [6, 6.07) is 29.5. The highest BCUT2D eigenvalue weighted by Gasteiger charge is 2.48. The highest BCUT2D eigenvalue weighted by atomic mass is 31.2. The van der Waals surface area contributed by atoms with E-state index in [4.69, 9.17) is 4.52 Å².